The van der Waals surface area contributed by atoms with E-state index in [2.05, 4.69) is 50.2 Å². The number of benzene rings is 2. The second-order valence-electron chi connectivity index (χ2n) is 20.1. The number of methoxy groups -OCH3 is 2. The van der Waals surface area contributed by atoms with E-state index in [1.54, 1.807) is 11.1 Å². The van der Waals surface area contributed by atoms with Crippen LogP contribution in [0.4, 0.5) is 9.18 Å². The van der Waals surface area contributed by atoms with Crippen molar-refractivity contribution in [2.45, 2.75) is 116 Å². The topological polar surface area (TPSA) is 190 Å². The molecular formula is C53H61FN8O8. The van der Waals surface area contributed by atoms with Crippen LogP contribution in [0.25, 0.3) is 44.7 Å². The molecule has 368 valence electrons. The number of halogens is 1. The number of nitrogens with one attached hydrogen (secondary N) is 3. The molecule has 4 aromatic heterocycles. The predicted molar refractivity (Wildman–Crippen MR) is 258 cm³/mol. The molecule has 17 heteroatoms. The monoisotopic (exact) mass is 956 g/mol. The number of hydrogen-bond donors (Lipinski definition) is 3. The summed E-state index contributed by atoms with van der Waals surface area (Å²) >= 11 is 0. The van der Waals surface area contributed by atoms with E-state index in [4.69, 9.17) is 28.6 Å². The minimum atomic E-state index is -1.20. The summed E-state index contributed by atoms with van der Waals surface area (Å²) in [5, 5.41) is 3.73. The van der Waals surface area contributed by atoms with Gasteiger partial charge in [-0.1, -0.05) is 39.8 Å². The lowest BCUT2D eigenvalue weighted by molar-refractivity contribution is -0.143. The van der Waals surface area contributed by atoms with E-state index in [9.17, 15) is 19.2 Å². The summed E-state index contributed by atoms with van der Waals surface area (Å²) < 4.78 is 40.1. The molecular weight excluding hydrogens is 896 g/mol. The number of likely N-dealkylation sites (tertiary alicyclic amines) is 2. The van der Waals surface area contributed by atoms with Gasteiger partial charge >= 0.3 is 12.1 Å². The van der Waals surface area contributed by atoms with Crippen LogP contribution in [0.5, 0.6) is 5.75 Å². The quantitative estimate of drug-likeness (QED) is 0.0941. The van der Waals surface area contributed by atoms with Crippen molar-refractivity contribution in [3.63, 3.8) is 0 Å². The Hall–Kier alpha value is -6.91. The molecule has 3 N–H and O–H groups in total. The number of carbonyl (C=O) groups is 4. The van der Waals surface area contributed by atoms with Gasteiger partial charge in [-0.3, -0.25) is 19.0 Å². The molecule has 1 saturated carbocycles. The zero-order chi connectivity index (χ0) is 49.2. The van der Waals surface area contributed by atoms with Crippen LogP contribution in [0.2, 0.25) is 0 Å². The first kappa shape index (κ1) is 46.8. The van der Waals surface area contributed by atoms with Crippen LogP contribution in [0.15, 0.2) is 71.4 Å². The van der Waals surface area contributed by atoms with Crippen LogP contribution >= 0.6 is 0 Å². The SMILES string of the molecule is COC(=O)CC[C@H](C(=O)N1C[C@H](F)C[C@H]1c1ncc(-c2ccc3c(c2)cc2n3C(c3ccc(C)o3)Oc3cc(-c4cnc([C@@H]5CCCN(C(=O)[C@@H](NC(=O)OC)C(C)C)C56CC6)[nH]4)ccc3-2)[nH]1)C(C)C. The van der Waals surface area contributed by atoms with Gasteiger partial charge in [0, 0.05) is 53.3 Å². The second-order valence-corrected chi connectivity index (χ2v) is 20.1. The fourth-order valence-corrected chi connectivity index (χ4v) is 11.2. The number of piperidine rings is 1. The molecule has 7 heterocycles. The van der Waals surface area contributed by atoms with Crippen LogP contribution in [0.1, 0.15) is 114 Å². The molecule has 1 aliphatic carbocycles. The summed E-state index contributed by atoms with van der Waals surface area (Å²) in [5.41, 5.74) is 5.74. The van der Waals surface area contributed by atoms with Crippen LogP contribution < -0.4 is 10.1 Å². The number of carbonyl (C=O) groups excluding carboxylic acids is 4. The number of hydrogen-bond acceptors (Lipinski definition) is 10. The minimum absolute atomic E-state index is 0.0104. The lowest BCUT2D eigenvalue weighted by Crippen LogP contribution is -2.58. The van der Waals surface area contributed by atoms with E-state index in [0.717, 1.165) is 81.9 Å². The maximum atomic E-state index is 15.1. The van der Waals surface area contributed by atoms with Gasteiger partial charge in [-0.15, -0.1) is 0 Å². The number of aromatic nitrogens is 5. The van der Waals surface area contributed by atoms with Gasteiger partial charge in [-0.2, -0.15) is 0 Å². The Bertz CT molecular complexity index is 2960. The second kappa shape index (κ2) is 18.4. The number of aromatic amines is 2. The maximum absolute atomic E-state index is 15.1. The zero-order valence-corrected chi connectivity index (χ0v) is 40.7. The molecule has 70 heavy (non-hydrogen) atoms. The lowest BCUT2D eigenvalue weighted by Gasteiger charge is -2.43. The largest absolute Gasteiger partial charge is 0.469 e. The van der Waals surface area contributed by atoms with E-state index in [-0.39, 0.29) is 60.5 Å². The number of amides is 3. The van der Waals surface area contributed by atoms with E-state index in [0.29, 0.717) is 30.3 Å². The molecule has 2 saturated heterocycles. The summed E-state index contributed by atoms with van der Waals surface area (Å²) in [5.74, 6) is 2.16. The molecule has 4 aliphatic rings. The van der Waals surface area contributed by atoms with Crippen molar-refractivity contribution in [2.75, 3.05) is 27.3 Å². The van der Waals surface area contributed by atoms with E-state index >= 15 is 4.39 Å². The highest BCUT2D eigenvalue weighted by molar-refractivity contribution is 5.93. The number of alkyl carbamates (subject to hydrolysis) is 1. The Kier molecular flexibility index (Phi) is 12.3. The predicted octanol–water partition coefficient (Wildman–Crippen LogP) is 9.39. The maximum Gasteiger partial charge on any atom is 0.407 e. The molecule has 6 aromatic rings. The number of nitrogens with zero attached hydrogens (tertiary/aromatic N) is 5. The van der Waals surface area contributed by atoms with E-state index in [1.165, 1.54) is 14.2 Å². The Morgan fingerprint density at radius 2 is 1.63 bits per heavy atom. The molecule has 0 bridgehead atoms. The molecule has 3 aliphatic heterocycles. The van der Waals surface area contributed by atoms with Crippen molar-refractivity contribution >= 4 is 34.8 Å². The molecule has 0 radical (unpaired) electrons. The van der Waals surface area contributed by atoms with Crippen LogP contribution in [-0.2, 0) is 23.9 Å². The summed E-state index contributed by atoms with van der Waals surface area (Å²) in [6, 6.07) is 17.1. The fraction of sp³-hybridized carbons (Fsp3) is 0.472. The first-order valence-corrected chi connectivity index (χ1v) is 24.5. The number of alkyl halides is 1. The highest BCUT2D eigenvalue weighted by Crippen LogP contribution is 2.56. The molecule has 3 amide bonds. The number of rotatable bonds is 13. The average Bonchev–Trinajstić information content (AvgIpc) is 3.98. The highest BCUT2D eigenvalue weighted by Gasteiger charge is 2.59. The number of aryl methyl sites for hydroxylation is 1. The molecule has 2 aromatic carbocycles. The van der Waals surface area contributed by atoms with Gasteiger partial charge in [-0.25, -0.2) is 19.2 Å². The Labute approximate surface area is 405 Å². The summed E-state index contributed by atoms with van der Waals surface area (Å²) in [6.07, 6.45) is 5.15. The number of fused-ring (bicyclic) bond motifs is 5. The van der Waals surface area contributed by atoms with Crippen molar-refractivity contribution in [1.82, 2.24) is 39.6 Å². The lowest BCUT2D eigenvalue weighted by atomic mass is 9.85. The van der Waals surface area contributed by atoms with Gasteiger partial charge in [-0.05, 0) is 93.3 Å². The molecule has 1 unspecified atom stereocenters. The van der Waals surface area contributed by atoms with Crippen molar-refractivity contribution in [1.29, 1.82) is 0 Å². The van der Waals surface area contributed by atoms with E-state index in [1.807, 2.05) is 70.0 Å². The van der Waals surface area contributed by atoms with Gasteiger partial charge in [0.25, 0.3) is 0 Å². The standard InChI is InChI=1S/C53H61FN8O8/c1-28(2)35(14-17-45(63)67-6)49(64)60-27-34(54)24-42(60)48-56-26-38(58-48)31-12-15-40-33(21-31)22-41-36-13-11-32(23-44(36)70-51(62(40)41)43-16-10-30(5)69-43)39-25-55-47(57-39)37-9-8-20-61(53(37)18-19-53)50(65)46(29(3)4)59-52(66)68-7/h10-13,15-16,21-23,25-26,28-29,34-35,37,42,46,51H,8-9,14,17-20,24,27H2,1-7H3,(H,55,57)(H,56,58)(H,59,66)/t34-,35+,37+,42+,46+,51?/m1/s1. The van der Waals surface area contributed by atoms with Gasteiger partial charge in [0.1, 0.15) is 35.4 Å². The van der Waals surface area contributed by atoms with E-state index < -0.39 is 36.5 Å². The minimum Gasteiger partial charge on any atom is -0.469 e. The van der Waals surface area contributed by atoms with Gasteiger partial charge in [0.2, 0.25) is 18.0 Å². The number of esters is 1. The Morgan fingerprint density at radius 1 is 0.900 bits per heavy atom. The van der Waals surface area contributed by atoms with Crippen molar-refractivity contribution in [3.8, 4) is 39.5 Å². The van der Waals surface area contributed by atoms with Crippen molar-refractivity contribution < 1.29 is 42.2 Å². The van der Waals surface area contributed by atoms with Crippen LogP contribution in [-0.4, -0.2) is 103 Å². The van der Waals surface area contributed by atoms with Crippen LogP contribution in [0, 0.1) is 24.7 Å². The zero-order valence-electron chi connectivity index (χ0n) is 40.7. The number of furan rings is 1. The van der Waals surface area contributed by atoms with Gasteiger partial charge in [0.15, 0.2) is 5.76 Å². The third kappa shape index (κ3) is 8.40. The molecule has 10 rings (SSSR count). The summed E-state index contributed by atoms with van der Waals surface area (Å²) in [4.78, 5) is 72.4. The number of imidazole rings is 2. The van der Waals surface area contributed by atoms with Gasteiger partial charge < -0.3 is 43.7 Å². The van der Waals surface area contributed by atoms with Crippen molar-refractivity contribution in [3.05, 3.63) is 90.2 Å². The van der Waals surface area contributed by atoms with Crippen LogP contribution in [0.3, 0.4) is 0 Å². The molecule has 3 fully saturated rings. The Morgan fingerprint density at radius 3 is 2.31 bits per heavy atom. The molecule has 16 nitrogen and oxygen atoms in total. The average molecular weight is 957 g/mol. The normalized spacial score (nSPS) is 21.1. The third-order valence-corrected chi connectivity index (χ3v) is 15.1. The smallest absolute Gasteiger partial charge is 0.407 e. The number of H-pyrrole nitrogens is 2. The highest BCUT2D eigenvalue weighted by atomic mass is 19.1. The first-order chi connectivity index (χ1) is 33.7. The molecule has 1 spiro atoms. The Balaban J connectivity index is 0.928. The number of ether oxygens (including phenoxy) is 3. The first-order valence-electron chi connectivity index (χ1n) is 24.5. The summed E-state index contributed by atoms with van der Waals surface area (Å²) in [6.45, 7) is 10.2. The fourth-order valence-electron chi connectivity index (χ4n) is 11.2. The van der Waals surface area contributed by atoms with Crippen molar-refractivity contribution in [2.24, 2.45) is 17.8 Å². The third-order valence-electron chi connectivity index (χ3n) is 15.1. The molecule has 6 atom stereocenters. The summed E-state index contributed by atoms with van der Waals surface area (Å²) in [7, 11) is 2.63. The van der Waals surface area contributed by atoms with Gasteiger partial charge in [0.05, 0.1) is 67.3 Å².